The van der Waals surface area contributed by atoms with Crippen LogP contribution in [0, 0.1) is 0 Å². The summed E-state index contributed by atoms with van der Waals surface area (Å²) >= 11 is 0. The maximum atomic E-state index is 12.1. The highest BCUT2D eigenvalue weighted by atomic mass is 16.5. The minimum absolute atomic E-state index is 0.317. The van der Waals surface area contributed by atoms with E-state index >= 15 is 0 Å². The molecular formula is C16H28O4. The summed E-state index contributed by atoms with van der Waals surface area (Å²) in [6, 6.07) is 0. The Bertz CT molecular complexity index is 331. The molecule has 0 aliphatic rings. The van der Waals surface area contributed by atoms with Gasteiger partial charge in [0.05, 0.1) is 13.2 Å². The van der Waals surface area contributed by atoms with Crippen LogP contribution in [-0.2, 0) is 19.1 Å². The standard InChI is InChI=1S/C16H28O4/c1-5-9-10-12-14(16(18)20-8-4)13(11-6-2)15(17)19-7-3/h5-12H2,1-4H3. The molecule has 4 nitrogen and oxygen atoms in total. The minimum atomic E-state index is -0.381. The van der Waals surface area contributed by atoms with Crippen LogP contribution in [0.1, 0.15) is 66.2 Å². The Labute approximate surface area is 122 Å². The van der Waals surface area contributed by atoms with Gasteiger partial charge in [-0.3, -0.25) is 0 Å². The summed E-state index contributed by atoms with van der Waals surface area (Å²) < 4.78 is 10.2. The van der Waals surface area contributed by atoms with Gasteiger partial charge in [0.1, 0.15) is 0 Å². The lowest BCUT2D eigenvalue weighted by atomic mass is 9.98. The van der Waals surface area contributed by atoms with Crippen LogP contribution < -0.4 is 0 Å². The van der Waals surface area contributed by atoms with Gasteiger partial charge in [-0.2, -0.15) is 0 Å². The molecule has 0 amide bonds. The van der Waals surface area contributed by atoms with Crippen LogP contribution in [0.4, 0.5) is 0 Å². The van der Waals surface area contributed by atoms with Gasteiger partial charge in [-0.15, -0.1) is 0 Å². The third-order valence-electron chi connectivity index (χ3n) is 2.94. The van der Waals surface area contributed by atoms with Crippen LogP contribution >= 0.6 is 0 Å². The molecule has 0 saturated carbocycles. The number of carbonyl (C=O) groups excluding carboxylic acids is 2. The molecule has 0 saturated heterocycles. The van der Waals surface area contributed by atoms with Gasteiger partial charge in [0.25, 0.3) is 0 Å². The molecular weight excluding hydrogens is 256 g/mol. The zero-order chi connectivity index (χ0) is 15.4. The molecule has 0 heterocycles. The molecule has 0 spiro atoms. The van der Waals surface area contributed by atoms with E-state index in [1.54, 1.807) is 13.8 Å². The monoisotopic (exact) mass is 284 g/mol. The number of ether oxygens (including phenoxy) is 2. The number of hydrogen-bond acceptors (Lipinski definition) is 4. The van der Waals surface area contributed by atoms with Gasteiger partial charge in [-0.1, -0.05) is 33.1 Å². The van der Waals surface area contributed by atoms with Crippen LogP contribution in [0.3, 0.4) is 0 Å². The number of esters is 2. The maximum Gasteiger partial charge on any atom is 0.334 e. The van der Waals surface area contributed by atoms with Crippen LogP contribution in [0.25, 0.3) is 0 Å². The van der Waals surface area contributed by atoms with Gasteiger partial charge >= 0.3 is 11.9 Å². The van der Waals surface area contributed by atoms with Crippen molar-refractivity contribution in [2.24, 2.45) is 0 Å². The lowest BCUT2D eigenvalue weighted by Crippen LogP contribution is -2.17. The molecule has 0 N–H and O–H groups in total. The zero-order valence-electron chi connectivity index (χ0n) is 13.3. The number of unbranched alkanes of at least 4 members (excludes halogenated alkanes) is 2. The van der Waals surface area contributed by atoms with Crippen molar-refractivity contribution in [2.75, 3.05) is 13.2 Å². The van der Waals surface area contributed by atoms with Gasteiger partial charge < -0.3 is 9.47 Å². The fourth-order valence-electron chi connectivity index (χ4n) is 1.99. The Morgan fingerprint density at radius 2 is 1.20 bits per heavy atom. The van der Waals surface area contributed by atoms with Crippen molar-refractivity contribution in [3.8, 4) is 0 Å². The number of hydrogen-bond donors (Lipinski definition) is 0. The lowest BCUT2D eigenvalue weighted by Gasteiger charge is -2.13. The highest BCUT2D eigenvalue weighted by Gasteiger charge is 2.22. The van der Waals surface area contributed by atoms with Crippen molar-refractivity contribution in [3.63, 3.8) is 0 Å². The summed E-state index contributed by atoms with van der Waals surface area (Å²) in [6.07, 6.45) is 4.92. The summed E-state index contributed by atoms with van der Waals surface area (Å²) in [6.45, 7) is 8.25. The molecule has 0 bridgehead atoms. The zero-order valence-corrected chi connectivity index (χ0v) is 13.3. The Kier molecular flexibility index (Phi) is 10.7. The maximum absolute atomic E-state index is 12.1. The van der Waals surface area contributed by atoms with E-state index in [0.29, 0.717) is 37.2 Å². The Hall–Kier alpha value is -1.32. The van der Waals surface area contributed by atoms with Crippen LogP contribution in [0.5, 0.6) is 0 Å². The molecule has 20 heavy (non-hydrogen) atoms. The quantitative estimate of drug-likeness (QED) is 0.348. The lowest BCUT2D eigenvalue weighted by molar-refractivity contribution is -0.142. The second-order valence-corrected chi connectivity index (χ2v) is 4.61. The van der Waals surface area contributed by atoms with E-state index < -0.39 is 0 Å². The Morgan fingerprint density at radius 1 is 0.700 bits per heavy atom. The van der Waals surface area contributed by atoms with Crippen molar-refractivity contribution in [1.82, 2.24) is 0 Å². The van der Waals surface area contributed by atoms with Gasteiger partial charge in [-0.05, 0) is 33.1 Å². The first-order valence-corrected chi connectivity index (χ1v) is 7.68. The first-order chi connectivity index (χ1) is 9.62. The molecule has 0 aromatic carbocycles. The highest BCUT2D eigenvalue weighted by Crippen LogP contribution is 2.20. The van der Waals surface area contributed by atoms with E-state index in [-0.39, 0.29) is 11.9 Å². The van der Waals surface area contributed by atoms with E-state index in [1.807, 2.05) is 6.92 Å². The number of rotatable bonds is 10. The summed E-state index contributed by atoms with van der Waals surface area (Å²) in [5.41, 5.74) is 0.990. The largest absolute Gasteiger partial charge is 0.463 e. The Morgan fingerprint density at radius 3 is 1.60 bits per heavy atom. The second kappa shape index (κ2) is 11.5. The van der Waals surface area contributed by atoms with Crippen molar-refractivity contribution < 1.29 is 19.1 Å². The van der Waals surface area contributed by atoms with Crippen molar-refractivity contribution in [1.29, 1.82) is 0 Å². The molecule has 0 unspecified atom stereocenters. The molecule has 0 aromatic heterocycles. The molecule has 4 heteroatoms. The third kappa shape index (κ3) is 6.73. The van der Waals surface area contributed by atoms with E-state index in [4.69, 9.17) is 9.47 Å². The van der Waals surface area contributed by atoms with Gasteiger partial charge in [0, 0.05) is 11.1 Å². The first-order valence-electron chi connectivity index (χ1n) is 7.68. The predicted octanol–water partition coefficient (Wildman–Crippen LogP) is 3.79. The average molecular weight is 284 g/mol. The molecule has 0 fully saturated rings. The van der Waals surface area contributed by atoms with Crippen LogP contribution in [-0.4, -0.2) is 25.2 Å². The molecule has 0 aliphatic carbocycles. The van der Waals surface area contributed by atoms with E-state index in [1.165, 1.54) is 0 Å². The number of carbonyl (C=O) groups is 2. The van der Waals surface area contributed by atoms with E-state index in [0.717, 1.165) is 25.7 Å². The van der Waals surface area contributed by atoms with Gasteiger partial charge in [-0.25, -0.2) is 9.59 Å². The molecule has 0 atom stereocenters. The molecule has 0 aromatic rings. The topological polar surface area (TPSA) is 52.6 Å². The summed E-state index contributed by atoms with van der Waals surface area (Å²) in [4.78, 5) is 24.1. The minimum Gasteiger partial charge on any atom is -0.463 e. The van der Waals surface area contributed by atoms with Crippen molar-refractivity contribution in [3.05, 3.63) is 11.1 Å². The smallest absolute Gasteiger partial charge is 0.334 e. The van der Waals surface area contributed by atoms with Gasteiger partial charge in [0.15, 0.2) is 0 Å². The van der Waals surface area contributed by atoms with E-state index in [9.17, 15) is 9.59 Å². The van der Waals surface area contributed by atoms with Crippen molar-refractivity contribution >= 4 is 11.9 Å². The van der Waals surface area contributed by atoms with Gasteiger partial charge in [0.2, 0.25) is 0 Å². The van der Waals surface area contributed by atoms with E-state index in [2.05, 4.69) is 6.92 Å². The van der Waals surface area contributed by atoms with Crippen LogP contribution in [0.2, 0.25) is 0 Å². The highest BCUT2D eigenvalue weighted by molar-refractivity contribution is 6.00. The third-order valence-corrected chi connectivity index (χ3v) is 2.94. The summed E-state index contributed by atoms with van der Waals surface area (Å²) in [5, 5.41) is 0. The fourth-order valence-corrected chi connectivity index (χ4v) is 1.99. The average Bonchev–Trinajstić information content (AvgIpc) is 2.42. The van der Waals surface area contributed by atoms with Crippen LogP contribution in [0.15, 0.2) is 11.1 Å². The Balaban J connectivity index is 5.24. The summed E-state index contributed by atoms with van der Waals surface area (Å²) in [5.74, 6) is -0.756. The first kappa shape index (κ1) is 18.7. The molecule has 0 aliphatic heterocycles. The fraction of sp³-hybridized carbons (Fsp3) is 0.750. The molecule has 0 rings (SSSR count). The predicted molar refractivity (Wildman–Crippen MR) is 79.3 cm³/mol. The molecule has 0 radical (unpaired) electrons. The normalized spacial score (nSPS) is 11.8. The summed E-state index contributed by atoms with van der Waals surface area (Å²) in [7, 11) is 0. The molecule has 116 valence electrons. The second-order valence-electron chi connectivity index (χ2n) is 4.61. The van der Waals surface area contributed by atoms with Crippen molar-refractivity contribution in [2.45, 2.75) is 66.2 Å². The SMILES string of the molecule is CCCCCC(C(=O)OCC)=C(CCC)C(=O)OCC.